The lowest BCUT2D eigenvalue weighted by molar-refractivity contribution is 0.251. The van der Waals surface area contributed by atoms with Crippen LogP contribution in [0.4, 0.5) is 16.3 Å². The molecule has 0 saturated carbocycles. The second kappa shape index (κ2) is 9.40. The summed E-state index contributed by atoms with van der Waals surface area (Å²) in [7, 11) is 0. The maximum atomic E-state index is 12.7. The lowest BCUT2D eigenvalue weighted by Crippen LogP contribution is -2.23. The molecular weight excluding hydrogens is 468 g/mol. The van der Waals surface area contributed by atoms with E-state index < -0.39 is 6.03 Å². The molecule has 0 bridgehead atoms. The third-order valence-electron chi connectivity index (χ3n) is 5.85. The zero-order valence-corrected chi connectivity index (χ0v) is 20.8. The Morgan fingerprint density at radius 3 is 2.46 bits per heavy atom. The monoisotopic (exact) mass is 496 g/mol. The van der Waals surface area contributed by atoms with Crippen LogP contribution in [0.1, 0.15) is 32.2 Å². The van der Waals surface area contributed by atoms with Crippen molar-refractivity contribution >= 4 is 28.6 Å². The van der Waals surface area contributed by atoms with Crippen molar-refractivity contribution in [3.63, 3.8) is 0 Å². The van der Waals surface area contributed by atoms with Crippen molar-refractivity contribution < 1.29 is 9.53 Å². The topological polar surface area (TPSA) is 139 Å². The van der Waals surface area contributed by atoms with Crippen molar-refractivity contribution in [3.05, 3.63) is 84.6 Å². The van der Waals surface area contributed by atoms with Crippen LogP contribution in [0.3, 0.4) is 0 Å². The van der Waals surface area contributed by atoms with Crippen LogP contribution in [0.15, 0.2) is 73.2 Å². The third kappa shape index (κ3) is 5.00. The van der Waals surface area contributed by atoms with Gasteiger partial charge in [-0.2, -0.15) is 9.78 Å². The van der Waals surface area contributed by atoms with Crippen LogP contribution in [-0.4, -0.2) is 30.3 Å². The fraction of sp³-hybridized carbons (Fsp3) is 0.185. The number of fused-ring (bicyclic) bond motifs is 1. The van der Waals surface area contributed by atoms with Gasteiger partial charge >= 0.3 is 6.03 Å². The number of benzene rings is 2. The molecule has 10 nitrogen and oxygen atoms in total. The zero-order valence-electron chi connectivity index (χ0n) is 20.8. The predicted molar refractivity (Wildman–Crippen MR) is 143 cm³/mol. The molecule has 0 unspecified atom stereocenters. The number of carbonyl (C=O) groups excluding carboxylic acids is 1. The number of nitrogen functional groups attached to an aromatic ring is 1. The van der Waals surface area contributed by atoms with E-state index in [2.05, 4.69) is 20.4 Å². The zero-order chi connectivity index (χ0) is 26.2. The number of carbonyl (C=O) groups is 1. The summed E-state index contributed by atoms with van der Waals surface area (Å²) >= 11 is 0. The van der Waals surface area contributed by atoms with Gasteiger partial charge in [0.25, 0.3) is 0 Å². The summed E-state index contributed by atoms with van der Waals surface area (Å²) in [6.07, 6.45) is 3.42. The maximum Gasteiger partial charge on any atom is 0.348 e. The highest BCUT2D eigenvalue weighted by molar-refractivity contribution is 5.92. The van der Waals surface area contributed by atoms with Crippen molar-refractivity contribution in [2.24, 2.45) is 5.73 Å². The van der Waals surface area contributed by atoms with Crippen molar-refractivity contribution in [1.29, 1.82) is 0 Å². The predicted octanol–water partition coefficient (Wildman–Crippen LogP) is 4.83. The Morgan fingerprint density at radius 2 is 1.76 bits per heavy atom. The second-order valence-electron chi connectivity index (χ2n) is 9.65. The smallest absolute Gasteiger partial charge is 0.348 e. The lowest BCUT2D eigenvalue weighted by Gasteiger charge is -2.14. The number of nitrogens with zero attached hydrogens (tertiary/aromatic N) is 5. The van der Waals surface area contributed by atoms with E-state index in [9.17, 15) is 4.79 Å². The van der Waals surface area contributed by atoms with Crippen LogP contribution in [0, 0.1) is 0 Å². The summed E-state index contributed by atoms with van der Waals surface area (Å²) in [6.45, 7) is 6.39. The highest BCUT2D eigenvalue weighted by atomic mass is 16.5. The number of nitrogens with one attached hydrogen (secondary N) is 1. The Hall–Kier alpha value is -4.70. The molecule has 5 aromatic rings. The van der Waals surface area contributed by atoms with E-state index >= 15 is 0 Å². The number of ether oxygens (including phenoxy) is 1. The number of hydrogen-bond donors (Lipinski definition) is 3. The molecule has 0 spiro atoms. The highest BCUT2D eigenvalue weighted by Gasteiger charge is 2.21. The van der Waals surface area contributed by atoms with E-state index in [1.54, 1.807) is 24.7 Å². The highest BCUT2D eigenvalue weighted by Crippen LogP contribution is 2.27. The summed E-state index contributed by atoms with van der Waals surface area (Å²) in [5.41, 5.74) is 16.2. The largest absolute Gasteiger partial charge is 0.457 e. The normalized spacial score (nSPS) is 11.6. The van der Waals surface area contributed by atoms with Crippen LogP contribution >= 0.6 is 0 Å². The molecule has 3 heterocycles. The molecule has 0 aliphatic rings. The molecule has 0 saturated heterocycles. The molecule has 5 rings (SSSR count). The minimum Gasteiger partial charge on any atom is -0.457 e. The van der Waals surface area contributed by atoms with Gasteiger partial charge in [0.15, 0.2) is 0 Å². The van der Waals surface area contributed by atoms with Crippen LogP contribution in [0.2, 0.25) is 0 Å². The summed E-state index contributed by atoms with van der Waals surface area (Å²) in [6, 6.07) is 18.1. The summed E-state index contributed by atoms with van der Waals surface area (Å²) in [4.78, 5) is 21.4. The number of nitrogens with two attached hydrogens (primary N) is 2. The molecule has 0 aliphatic heterocycles. The maximum absolute atomic E-state index is 12.7. The molecule has 5 N–H and O–H groups in total. The van der Waals surface area contributed by atoms with E-state index in [1.807, 2.05) is 73.9 Å². The Labute approximate surface area is 213 Å². The van der Waals surface area contributed by atoms with Gasteiger partial charge in [-0.1, -0.05) is 20.8 Å². The van der Waals surface area contributed by atoms with E-state index in [-0.39, 0.29) is 11.2 Å². The van der Waals surface area contributed by atoms with Gasteiger partial charge in [-0.05, 0) is 42.5 Å². The molecule has 188 valence electrons. The van der Waals surface area contributed by atoms with E-state index in [4.69, 9.17) is 16.2 Å². The first-order valence-electron chi connectivity index (χ1n) is 11.8. The first-order valence-corrected chi connectivity index (χ1v) is 11.8. The SMILES string of the molecule is CC(C)(C)c1cc(N)n(C(=O)Nc2ccc(-n3cnc4cc(Oc5ccnc(CN)c5)ccc43)cc2)n1. The van der Waals surface area contributed by atoms with Crippen LogP contribution in [-0.2, 0) is 12.0 Å². The van der Waals surface area contributed by atoms with Gasteiger partial charge in [0.05, 0.1) is 22.4 Å². The molecule has 1 amide bonds. The number of hydrogen-bond acceptors (Lipinski definition) is 7. The standard InChI is InChI=1S/C27H28N8O2/c1-27(2,3)24-14-25(29)35(33-24)26(36)32-17-4-6-19(7-5-17)34-16-31-22-13-20(8-9-23(22)34)37-21-10-11-30-18(12-21)15-28/h4-14,16H,15,28-29H2,1-3H3,(H,32,36). The van der Waals surface area contributed by atoms with E-state index in [0.717, 1.165) is 28.1 Å². The summed E-state index contributed by atoms with van der Waals surface area (Å²) in [5, 5.41) is 7.20. The van der Waals surface area contributed by atoms with Crippen LogP contribution in [0.5, 0.6) is 11.5 Å². The average molecular weight is 497 g/mol. The fourth-order valence-electron chi connectivity index (χ4n) is 3.84. The van der Waals surface area contributed by atoms with Crippen LogP contribution in [0.25, 0.3) is 16.7 Å². The van der Waals surface area contributed by atoms with Gasteiger partial charge < -0.3 is 21.5 Å². The number of amides is 1. The summed E-state index contributed by atoms with van der Waals surface area (Å²) < 4.78 is 9.10. The van der Waals surface area contributed by atoms with Gasteiger partial charge in [-0.3, -0.25) is 9.55 Å². The minimum atomic E-state index is -0.422. The van der Waals surface area contributed by atoms with Gasteiger partial charge in [0, 0.05) is 47.7 Å². The van der Waals surface area contributed by atoms with Gasteiger partial charge in [0.2, 0.25) is 0 Å². The van der Waals surface area contributed by atoms with E-state index in [0.29, 0.717) is 23.7 Å². The van der Waals surface area contributed by atoms with Crippen molar-refractivity contribution in [2.75, 3.05) is 11.1 Å². The second-order valence-corrected chi connectivity index (χ2v) is 9.65. The molecule has 2 aromatic carbocycles. The molecule has 0 radical (unpaired) electrons. The number of anilines is 2. The molecule has 10 heteroatoms. The Balaban J connectivity index is 1.32. The molecule has 0 atom stereocenters. The van der Waals surface area contributed by atoms with Crippen molar-refractivity contribution in [1.82, 2.24) is 24.3 Å². The Bertz CT molecular complexity index is 1580. The van der Waals surface area contributed by atoms with E-state index in [1.165, 1.54) is 4.68 Å². The first-order chi connectivity index (χ1) is 17.7. The Kier molecular flexibility index (Phi) is 6.10. The fourth-order valence-corrected chi connectivity index (χ4v) is 3.84. The quantitative estimate of drug-likeness (QED) is 0.317. The third-order valence-corrected chi connectivity index (χ3v) is 5.85. The van der Waals surface area contributed by atoms with Gasteiger partial charge in [-0.25, -0.2) is 9.78 Å². The van der Waals surface area contributed by atoms with Crippen LogP contribution < -0.4 is 21.5 Å². The van der Waals surface area contributed by atoms with Crippen molar-refractivity contribution in [2.45, 2.75) is 32.7 Å². The first kappa shape index (κ1) is 24.0. The molecule has 0 fully saturated rings. The molecule has 3 aromatic heterocycles. The Morgan fingerprint density at radius 1 is 1.00 bits per heavy atom. The van der Waals surface area contributed by atoms with Crippen molar-refractivity contribution in [3.8, 4) is 17.2 Å². The molecular formula is C27H28N8O2. The lowest BCUT2D eigenvalue weighted by atomic mass is 9.92. The average Bonchev–Trinajstić information content (AvgIpc) is 3.48. The molecule has 0 aliphatic carbocycles. The number of pyridine rings is 1. The number of aromatic nitrogens is 5. The van der Waals surface area contributed by atoms with Gasteiger partial charge in [-0.15, -0.1) is 0 Å². The number of imidazole rings is 1. The molecule has 37 heavy (non-hydrogen) atoms. The number of rotatable bonds is 5. The minimum absolute atomic E-state index is 0.213. The van der Waals surface area contributed by atoms with Gasteiger partial charge in [0.1, 0.15) is 23.6 Å². The summed E-state index contributed by atoms with van der Waals surface area (Å²) in [5.74, 6) is 1.62.